The summed E-state index contributed by atoms with van der Waals surface area (Å²) in [6.45, 7) is 0. The Bertz CT molecular complexity index is 535. The van der Waals surface area contributed by atoms with Gasteiger partial charge in [0, 0.05) is 28.9 Å². The van der Waals surface area contributed by atoms with E-state index in [9.17, 15) is 4.79 Å². The molecule has 0 radical (unpaired) electrons. The van der Waals surface area contributed by atoms with Crippen molar-refractivity contribution in [1.29, 1.82) is 0 Å². The minimum atomic E-state index is 0.0212. The summed E-state index contributed by atoms with van der Waals surface area (Å²) in [6.07, 6.45) is 0.416. The maximum Gasteiger partial charge on any atom is 0.220 e. The Kier molecular flexibility index (Phi) is 5.21. The molecule has 2 nitrogen and oxygen atoms in total. The Hall–Kier alpha value is -1.32. The Morgan fingerprint density at radius 3 is 2.10 bits per heavy atom. The minimum Gasteiger partial charge on any atom is -0.359 e. The van der Waals surface area contributed by atoms with Gasteiger partial charge in [0.2, 0.25) is 5.91 Å². The number of amides is 1. The predicted molar refractivity (Wildman–Crippen MR) is 86.1 cm³/mol. The molecule has 2 aromatic carbocycles. The zero-order valence-corrected chi connectivity index (χ0v) is 13.4. The number of carbonyl (C=O) groups excluding carboxylic acids is 1. The smallest absolute Gasteiger partial charge is 0.220 e. The van der Waals surface area contributed by atoms with Gasteiger partial charge in [-0.15, -0.1) is 0 Å². The SMILES string of the molecule is CNC(=O)CC(c1ccc(Cl)cc1)c1ccc(Br)cc1. The number of hydrogen-bond donors (Lipinski definition) is 1. The van der Waals surface area contributed by atoms with Gasteiger partial charge in [-0.05, 0) is 35.4 Å². The van der Waals surface area contributed by atoms with Crippen LogP contribution in [0.15, 0.2) is 53.0 Å². The summed E-state index contributed by atoms with van der Waals surface area (Å²) in [5, 5.41) is 3.38. The molecule has 0 saturated heterocycles. The Morgan fingerprint density at radius 1 is 1.10 bits per heavy atom. The van der Waals surface area contributed by atoms with E-state index >= 15 is 0 Å². The molecule has 1 amide bonds. The topological polar surface area (TPSA) is 29.1 Å². The third-order valence-corrected chi connectivity index (χ3v) is 3.99. The van der Waals surface area contributed by atoms with Crippen molar-refractivity contribution in [1.82, 2.24) is 5.32 Å². The normalized spacial score (nSPS) is 11.9. The van der Waals surface area contributed by atoms with Crippen molar-refractivity contribution in [3.8, 4) is 0 Å². The van der Waals surface area contributed by atoms with Crippen molar-refractivity contribution < 1.29 is 4.79 Å². The van der Waals surface area contributed by atoms with Crippen LogP contribution >= 0.6 is 27.5 Å². The highest BCUT2D eigenvalue weighted by Crippen LogP contribution is 2.29. The minimum absolute atomic E-state index is 0.0212. The first-order chi connectivity index (χ1) is 9.60. The summed E-state index contributed by atoms with van der Waals surface area (Å²) in [5.74, 6) is 0.0492. The molecule has 2 aromatic rings. The molecule has 0 aliphatic carbocycles. The second-order valence-corrected chi connectivity index (χ2v) is 5.89. The van der Waals surface area contributed by atoms with Crippen LogP contribution in [0.2, 0.25) is 5.02 Å². The molecular weight excluding hydrogens is 338 g/mol. The van der Waals surface area contributed by atoms with Gasteiger partial charge in [0.25, 0.3) is 0 Å². The van der Waals surface area contributed by atoms with E-state index in [1.54, 1.807) is 7.05 Å². The van der Waals surface area contributed by atoms with Crippen molar-refractivity contribution in [2.24, 2.45) is 0 Å². The van der Waals surface area contributed by atoms with E-state index in [1.165, 1.54) is 0 Å². The Morgan fingerprint density at radius 2 is 1.60 bits per heavy atom. The quantitative estimate of drug-likeness (QED) is 0.870. The molecule has 1 unspecified atom stereocenters. The maximum atomic E-state index is 11.8. The number of benzene rings is 2. The molecule has 0 aromatic heterocycles. The molecule has 1 atom stereocenters. The predicted octanol–water partition coefficient (Wildman–Crippen LogP) is 4.37. The van der Waals surface area contributed by atoms with E-state index in [2.05, 4.69) is 21.2 Å². The lowest BCUT2D eigenvalue weighted by molar-refractivity contribution is -0.120. The van der Waals surface area contributed by atoms with Gasteiger partial charge in [-0.25, -0.2) is 0 Å². The van der Waals surface area contributed by atoms with Crippen molar-refractivity contribution >= 4 is 33.4 Å². The third kappa shape index (κ3) is 3.84. The van der Waals surface area contributed by atoms with Crippen LogP contribution in [0.25, 0.3) is 0 Å². The first-order valence-electron chi connectivity index (χ1n) is 6.31. The van der Waals surface area contributed by atoms with Crippen LogP contribution in [0.4, 0.5) is 0 Å². The van der Waals surface area contributed by atoms with Gasteiger partial charge in [-0.2, -0.15) is 0 Å². The number of nitrogens with one attached hydrogen (secondary N) is 1. The molecule has 0 aliphatic rings. The zero-order chi connectivity index (χ0) is 14.5. The van der Waals surface area contributed by atoms with Crippen molar-refractivity contribution in [3.63, 3.8) is 0 Å². The van der Waals surface area contributed by atoms with Gasteiger partial charge in [0.1, 0.15) is 0 Å². The van der Waals surface area contributed by atoms with Crippen LogP contribution in [-0.2, 0) is 4.79 Å². The number of hydrogen-bond acceptors (Lipinski definition) is 1. The standard InChI is InChI=1S/C16H15BrClNO/c1-19-16(20)10-15(11-2-6-13(17)7-3-11)12-4-8-14(18)9-5-12/h2-9,15H,10H2,1H3,(H,19,20). The van der Waals surface area contributed by atoms with E-state index in [0.29, 0.717) is 11.4 Å². The van der Waals surface area contributed by atoms with E-state index < -0.39 is 0 Å². The molecule has 1 N–H and O–H groups in total. The van der Waals surface area contributed by atoms with Gasteiger partial charge >= 0.3 is 0 Å². The molecular formula is C16H15BrClNO. The highest BCUT2D eigenvalue weighted by atomic mass is 79.9. The van der Waals surface area contributed by atoms with Crippen LogP contribution < -0.4 is 5.32 Å². The third-order valence-electron chi connectivity index (χ3n) is 3.21. The average molecular weight is 353 g/mol. The summed E-state index contributed by atoms with van der Waals surface area (Å²) in [4.78, 5) is 11.8. The zero-order valence-electron chi connectivity index (χ0n) is 11.1. The maximum absolute atomic E-state index is 11.8. The number of halogens is 2. The van der Waals surface area contributed by atoms with Gasteiger partial charge in [-0.1, -0.05) is 51.8 Å². The molecule has 0 spiro atoms. The van der Waals surface area contributed by atoms with Crippen molar-refractivity contribution in [2.45, 2.75) is 12.3 Å². The van der Waals surface area contributed by atoms with Crippen LogP contribution in [0.5, 0.6) is 0 Å². The summed E-state index contributed by atoms with van der Waals surface area (Å²) in [7, 11) is 1.66. The summed E-state index contributed by atoms with van der Waals surface area (Å²) in [6, 6.07) is 15.7. The fourth-order valence-corrected chi connectivity index (χ4v) is 2.50. The lowest BCUT2D eigenvalue weighted by atomic mass is 9.88. The van der Waals surface area contributed by atoms with E-state index in [1.807, 2.05) is 48.5 Å². The van der Waals surface area contributed by atoms with E-state index in [-0.39, 0.29) is 11.8 Å². The largest absolute Gasteiger partial charge is 0.359 e. The number of carbonyl (C=O) groups is 1. The Labute approximate surface area is 132 Å². The summed E-state index contributed by atoms with van der Waals surface area (Å²) in [5.41, 5.74) is 2.19. The summed E-state index contributed by atoms with van der Waals surface area (Å²) < 4.78 is 1.02. The molecule has 2 rings (SSSR count). The first-order valence-corrected chi connectivity index (χ1v) is 7.48. The lowest BCUT2D eigenvalue weighted by Gasteiger charge is -2.17. The molecule has 20 heavy (non-hydrogen) atoms. The molecule has 0 saturated carbocycles. The van der Waals surface area contributed by atoms with Crippen LogP contribution in [-0.4, -0.2) is 13.0 Å². The van der Waals surface area contributed by atoms with Crippen LogP contribution in [0.3, 0.4) is 0 Å². The first kappa shape index (κ1) is 15.1. The lowest BCUT2D eigenvalue weighted by Crippen LogP contribution is -2.21. The van der Waals surface area contributed by atoms with Crippen molar-refractivity contribution in [3.05, 3.63) is 69.2 Å². The Balaban J connectivity index is 2.35. The van der Waals surface area contributed by atoms with Gasteiger partial charge in [0.05, 0.1) is 0 Å². The summed E-state index contributed by atoms with van der Waals surface area (Å²) >= 11 is 9.36. The molecule has 0 heterocycles. The highest BCUT2D eigenvalue weighted by Gasteiger charge is 2.17. The van der Waals surface area contributed by atoms with Crippen LogP contribution in [0, 0.1) is 0 Å². The van der Waals surface area contributed by atoms with Gasteiger partial charge in [0.15, 0.2) is 0 Å². The van der Waals surface area contributed by atoms with Crippen LogP contribution in [0.1, 0.15) is 23.5 Å². The fraction of sp³-hybridized carbons (Fsp3) is 0.188. The fourth-order valence-electron chi connectivity index (χ4n) is 2.11. The van der Waals surface area contributed by atoms with E-state index in [4.69, 9.17) is 11.6 Å². The van der Waals surface area contributed by atoms with Crippen molar-refractivity contribution in [2.75, 3.05) is 7.05 Å². The second-order valence-electron chi connectivity index (χ2n) is 4.53. The molecule has 0 bridgehead atoms. The average Bonchev–Trinajstić information content (AvgIpc) is 2.46. The highest BCUT2D eigenvalue weighted by molar-refractivity contribution is 9.10. The van der Waals surface area contributed by atoms with Gasteiger partial charge in [-0.3, -0.25) is 4.79 Å². The molecule has 104 valence electrons. The molecule has 0 fully saturated rings. The molecule has 4 heteroatoms. The van der Waals surface area contributed by atoms with Gasteiger partial charge < -0.3 is 5.32 Å². The molecule has 0 aliphatic heterocycles. The second kappa shape index (κ2) is 6.91. The monoisotopic (exact) mass is 351 g/mol. The van der Waals surface area contributed by atoms with E-state index in [0.717, 1.165) is 15.6 Å². The number of rotatable bonds is 4.